The number of nitrogens with one attached hydrogen (secondary N) is 1. The highest BCUT2D eigenvalue weighted by atomic mass is 15.1. The molecule has 2 aliphatic rings. The fourth-order valence-corrected chi connectivity index (χ4v) is 2.34. The minimum absolute atomic E-state index is 0.562. The Balaban J connectivity index is 1.77. The minimum atomic E-state index is 0.562. The van der Waals surface area contributed by atoms with Crippen LogP contribution in [0, 0.1) is 5.92 Å². The van der Waals surface area contributed by atoms with Gasteiger partial charge in [0.25, 0.3) is 0 Å². The predicted octanol–water partition coefficient (Wildman–Crippen LogP) is 2.36. The van der Waals surface area contributed by atoms with Crippen LogP contribution in [0.3, 0.4) is 0 Å². The summed E-state index contributed by atoms with van der Waals surface area (Å²) in [7, 11) is 2.21. The molecule has 0 amide bonds. The average molecular weight is 232 g/mol. The molecule has 1 N–H and O–H groups in total. The quantitative estimate of drug-likeness (QED) is 0.803. The van der Waals surface area contributed by atoms with E-state index in [-0.39, 0.29) is 0 Å². The molecule has 0 aromatic carbocycles. The zero-order chi connectivity index (χ0) is 12.1. The standard InChI is InChI=1S/C15H24N2/c1-13-4-3-5-14(7-6-13)12-16-15-8-10-17(2)11-9-15/h3-7,13,15-16H,8-12H2,1-2H3. The second kappa shape index (κ2) is 6.18. The van der Waals surface area contributed by atoms with Crippen LogP contribution in [0.25, 0.3) is 0 Å². The van der Waals surface area contributed by atoms with E-state index in [0.29, 0.717) is 12.0 Å². The van der Waals surface area contributed by atoms with Crippen molar-refractivity contribution >= 4 is 0 Å². The van der Waals surface area contributed by atoms with Crippen LogP contribution in [-0.2, 0) is 0 Å². The monoisotopic (exact) mass is 232 g/mol. The maximum atomic E-state index is 3.67. The van der Waals surface area contributed by atoms with Gasteiger partial charge in [-0.3, -0.25) is 0 Å². The van der Waals surface area contributed by atoms with Gasteiger partial charge in [-0.15, -0.1) is 0 Å². The van der Waals surface area contributed by atoms with Crippen molar-refractivity contribution in [1.82, 2.24) is 10.2 Å². The van der Waals surface area contributed by atoms with E-state index in [1.54, 1.807) is 0 Å². The van der Waals surface area contributed by atoms with Crippen LogP contribution >= 0.6 is 0 Å². The minimum Gasteiger partial charge on any atom is -0.310 e. The molecule has 0 bridgehead atoms. The van der Waals surface area contributed by atoms with Gasteiger partial charge < -0.3 is 10.2 Å². The molecule has 1 aliphatic carbocycles. The third-order valence-electron chi connectivity index (χ3n) is 3.65. The number of allylic oxidation sites excluding steroid dienone is 4. The molecular weight excluding hydrogens is 208 g/mol. The van der Waals surface area contributed by atoms with Crippen LogP contribution in [0.2, 0.25) is 0 Å². The van der Waals surface area contributed by atoms with Crippen LogP contribution in [0.5, 0.6) is 0 Å². The topological polar surface area (TPSA) is 15.3 Å². The van der Waals surface area contributed by atoms with Crippen molar-refractivity contribution < 1.29 is 0 Å². The lowest BCUT2D eigenvalue weighted by molar-refractivity contribution is 0.237. The Labute approximate surface area is 105 Å². The zero-order valence-corrected chi connectivity index (χ0v) is 11.0. The fraction of sp³-hybridized carbons (Fsp3) is 0.600. The van der Waals surface area contributed by atoms with E-state index in [1.165, 1.54) is 31.5 Å². The van der Waals surface area contributed by atoms with Gasteiger partial charge in [0.1, 0.15) is 0 Å². The summed E-state index contributed by atoms with van der Waals surface area (Å²) in [5, 5.41) is 3.67. The third-order valence-corrected chi connectivity index (χ3v) is 3.65. The van der Waals surface area contributed by atoms with Gasteiger partial charge in [-0.25, -0.2) is 0 Å². The molecule has 1 fully saturated rings. The predicted molar refractivity (Wildman–Crippen MR) is 74.0 cm³/mol. The zero-order valence-electron chi connectivity index (χ0n) is 11.0. The van der Waals surface area contributed by atoms with Crippen LogP contribution in [-0.4, -0.2) is 37.6 Å². The molecule has 17 heavy (non-hydrogen) atoms. The van der Waals surface area contributed by atoms with E-state index < -0.39 is 0 Å². The van der Waals surface area contributed by atoms with Gasteiger partial charge in [0.05, 0.1) is 0 Å². The van der Waals surface area contributed by atoms with E-state index in [2.05, 4.69) is 54.6 Å². The number of hydrogen-bond donors (Lipinski definition) is 1. The number of nitrogens with zero attached hydrogens (tertiary/aromatic N) is 1. The van der Waals surface area contributed by atoms with Crippen LogP contribution in [0.1, 0.15) is 19.8 Å². The number of piperidine rings is 1. The molecule has 0 aromatic heterocycles. The lowest BCUT2D eigenvalue weighted by Crippen LogP contribution is -2.41. The van der Waals surface area contributed by atoms with Crippen LogP contribution < -0.4 is 5.32 Å². The van der Waals surface area contributed by atoms with Gasteiger partial charge in [-0.2, -0.15) is 0 Å². The maximum absolute atomic E-state index is 3.67. The maximum Gasteiger partial charge on any atom is 0.0207 e. The van der Waals surface area contributed by atoms with Gasteiger partial charge >= 0.3 is 0 Å². The molecular formula is C15H24N2. The molecule has 2 nitrogen and oxygen atoms in total. The molecule has 1 unspecified atom stereocenters. The molecule has 1 heterocycles. The summed E-state index contributed by atoms with van der Waals surface area (Å²) >= 11 is 0. The van der Waals surface area contributed by atoms with Crippen LogP contribution in [0.15, 0.2) is 36.0 Å². The Morgan fingerprint density at radius 1 is 1.29 bits per heavy atom. The molecule has 1 aliphatic heterocycles. The first-order chi connectivity index (χ1) is 8.24. The number of likely N-dealkylation sites (tertiary alicyclic amines) is 1. The largest absolute Gasteiger partial charge is 0.310 e. The van der Waals surface area contributed by atoms with Crippen LogP contribution in [0.4, 0.5) is 0 Å². The Bertz CT molecular complexity index is 320. The Morgan fingerprint density at radius 2 is 2.06 bits per heavy atom. The highest BCUT2D eigenvalue weighted by molar-refractivity contribution is 5.29. The molecule has 94 valence electrons. The van der Waals surface area contributed by atoms with Crippen molar-refractivity contribution in [3.05, 3.63) is 36.0 Å². The normalized spacial score (nSPS) is 26.9. The van der Waals surface area contributed by atoms with E-state index in [9.17, 15) is 0 Å². The average Bonchev–Trinajstić information content (AvgIpc) is 2.54. The van der Waals surface area contributed by atoms with Crippen molar-refractivity contribution in [2.24, 2.45) is 5.92 Å². The first-order valence-corrected chi connectivity index (χ1v) is 6.71. The van der Waals surface area contributed by atoms with Crippen molar-refractivity contribution in [3.63, 3.8) is 0 Å². The van der Waals surface area contributed by atoms with E-state index >= 15 is 0 Å². The van der Waals surface area contributed by atoms with E-state index in [0.717, 1.165) is 6.54 Å². The molecule has 0 saturated carbocycles. The summed E-state index contributed by atoms with van der Waals surface area (Å²) in [5.74, 6) is 0.562. The van der Waals surface area contributed by atoms with Crippen molar-refractivity contribution in [2.45, 2.75) is 25.8 Å². The van der Waals surface area contributed by atoms with Crippen molar-refractivity contribution in [2.75, 3.05) is 26.7 Å². The van der Waals surface area contributed by atoms with Gasteiger partial charge in [-0.1, -0.05) is 37.3 Å². The van der Waals surface area contributed by atoms with Crippen molar-refractivity contribution in [1.29, 1.82) is 0 Å². The SMILES string of the molecule is CC1C=CC=C(CNC2CCN(C)CC2)C=C1. The smallest absolute Gasteiger partial charge is 0.0207 e. The lowest BCUT2D eigenvalue weighted by atomic mass is 10.1. The number of rotatable bonds is 3. The van der Waals surface area contributed by atoms with E-state index in [1.807, 2.05) is 0 Å². The molecule has 1 atom stereocenters. The Hall–Kier alpha value is -0.860. The lowest BCUT2D eigenvalue weighted by Gasteiger charge is -2.29. The second-order valence-electron chi connectivity index (χ2n) is 5.30. The van der Waals surface area contributed by atoms with Gasteiger partial charge in [0.2, 0.25) is 0 Å². The molecule has 1 saturated heterocycles. The Kier molecular flexibility index (Phi) is 4.57. The van der Waals surface area contributed by atoms with Gasteiger partial charge in [0, 0.05) is 12.6 Å². The van der Waals surface area contributed by atoms with Gasteiger partial charge in [-0.05, 0) is 44.5 Å². The summed E-state index contributed by atoms with van der Waals surface area (Å²) in [6.45, 7) is 5.67. The molecule has 0 spiro atoms. The van der Waals surface area contributed by atoms with E-state index in [4.69, 9.17) is 0 Å². The second-order valence-corrected chi connectivity index (χ2v) is 5.30. The first-order valence-electron chi connectivity index (χ1n) is 6.71. The summed E-state index contributed by atoms with van der Waals surface area (Å²) in [6.07, 6.45) is 13.7. The molecule has 2 rings (SSSR count). The fourth-order valence-electron chi connectivity index (χ4n) is 2.34. The Morgan fingerprint density at radius 3 is 2.82 bits per heavy atom. The summed E-state index contributed by atoms with van der Waals surface area (Å²) in [4.78, 5) is 2.41. The summed E-state index contributed by atoms with van der Waals surface area (Å²) in [5.41, 5.74) is 1.39. The molecule has 0 aromatic rings. The third kappa shape index (κ3) is 4.14. The summed E-state index contributed by atoms with van der Waals surface area (Å²) < 4.78 is 0. The molecule has 0 radical (unpaired) electrons. The summed E-state index contributed by atoms with van der Waals surface area (Å²) in [6, 6.07) is 0.699. The highest BCUT2D eigenvalue weighted by Crippen LogP contribution is 2.11. The number of hydrogen-bond acceptors (Lipinski definition) is 2. The van der Waals surface area contributed by atoms with Crippen molar-refractivity contribution in [3.8, 4) is 0 Å². The first kappa shape index (κ1) is 12.6. The highest BCUT2D eigenvalue weighted by Gasteiger charge is 2.15. The van der Waals surface area contributed by atoms with Gasteiger partial charge in [0.15, 0.2) is 0 Å². The molecule has 2 heteroatoms.